The molecule has 2 heteroatoms. The van der Waals surface area contributed by atoms with Gasteiger partial charge in [-0.05, 0) is 24.1 Å². The SMILES string of the molecule is [CH2]CCCCC(O)c1ccc(F)cc1. The Hall–Kier alpha value is -0.890. The molecular weight excluding hydrogens is 179 g/mol. The summed E-state index contributed by atoms with van der Waals surface area (Å²) < 4.78 is 12.6. The predicted octanol–water partition coefficient (Wildman–Crippen LogP) is 3.25. The zero-order valence-corrected chi connectivity index (χ0v) is 8.25. The molecule has 0 aliphatic rings. The van der Waals surface area contributed by atoms with E-state index >= 15 is 0 Å². The molecule has 0 heterocycles. The molecule has 0 saturated heterocycles. The van der Waals surface area contributed by atoms with E-state index in [1.165, 1.54) is 12.1 Å². The Balaban J connectivity index is 2.43. The van der Waals surface area contributed by atoms with E-state index in [1.54, 1.807) is 12.1 Å². The molecule has 1 nitrogen and oxygen atoms in total. The van der Waals surface area contributed by atoms with Crippen LogP contribution in [0.4, 0.5) is 4.39 Å². The lowest BCUT2D eigenvalue weighted by Gasteiger charge is -2.09. The molecule has 1 rings (SSSR count). The first-order chi connectivity index (χ1) is 6.74. The third-order valence-electron chi connectivity index (χ3n) is 2.23. The van der Waals surface area contributed by atoms with Gasteiger partial charge in [-0.15, -0.1) is 0 Å². The van der Waals surface area contributed by atoms with Crippen LogP contribution in [0.1, 0.15) is 37.4 Å². The molecular formula is C12H16FO. The highest BCUT2D eigenvalue weighted by Gasteiger charge is 2.06. The number of rotatable bonds is 5. The Morgan fingerprint density at radius 2 is 1.86 bits per heavy atom. The van der Waals surface area contributed by atoms with E-state index in [0.717, 1.165) is 31.2 Å². The number of aliphatic hydroxyl groups is 1. The molecule has 0 fully saturated rings. The number of aliphatic hydroxyl groups excluding tert-OH is 1. The molecule has 0 aliphatic heterocycles. The molecule has 0 bridgehead atoms. The van der Waals surface area contributed by atoms with Crippen LogP contribution < -0.4 is 0 Å². The van der Waals surface area contributed by atoms with Crippen LogP contribution in [-0.4, -0.2) is 5.11 Å². The Morgan fingerprint density at radius 3 is 2.43 bits per heavy atom. The van der Waals surface area contributed by atoms with Gasteiger partial charge in [-0.1, -0.05) is 38.3 Å². The minimum absolute atomic E-state index is 0.265. The number of halogens is 1. The number of hydrogen-bond acceptors (Lipinski definition) is 1. The smallest absolute Gasteiger partial charge is 0.123 e. The van der Waals surface area contributed by atoms with Crippen molar-refractivity contribution < 1.29 is 9.50 Å². The van der Waals surface area contributed by atoms with Crippen molar-refractivity contribution in [1.82, 2.24) is 0 Å². The summed E-state index contributed by atoms with van der Waals surface area (Å²) in [6, 6.07) is 6.01. The van der Waals surface area contributed by atoms with E-state index < -0.39 is 6.10 Å². The normalized spacial score (nSPS) is 12.8. The van der Waals surface area contributed by atoms with E-state index in [4.69, 9.17) is 0 Å². The quantitative estimate of drug-likeness (QED) is 0.715. The monoisotopic (exact) mass is 195 g/mol. The minimum atomic E-state index is -0.470. The van der Waals surface area contributed by atoms with Crippen LogP contribution in [0.3, 0.4) is 0 Å². The Labute approximate surface area is 84.6 Å². The fraction of sp³-hybridized carbons (Fsp3) is 0.417. The maximum absolute atomic E-state index is 12.6. The molecule has 14 heavy (non-hydrogen) atoms. The van der Waals surface area contributed by atoms with Crippen molar-refractivity contribution in [2.24, 2.45) is 0 Å². The summed E-state index contributed by atoms with van der Waals surface area (Å²) in [4.78, 5) is 0. The van der Waals surface area contributed by atoms with Crippen molar-refractivity contribution in [3.05, 3.63) is 42.6 Å². The van der Waals surface area contributed by atoms with Crippen molar-refractivity contribution in [2.75, 3.05) is 0 Å². The summed E-state index contributed by atoms with van der Waals surface area (Å²) >= 11 is 0. The summed E-state index contributed by atoms with van der Waals surface area (Å²) in [5.74, 6) is -0.265. The average Bonchev–Trinajstić information content (AvgIpc) is 2.19. The van der Waals surface area contributed by atoms with Gasteiger partial charge in [0.2, 0.25) is 0 Å². The zero-order valence-electron chi connectivity index (χ0n) is 8.25. The van der Waals surface area contributed by atoms with Crippen molar-refractivity contribution in [3.63, 3.8) is 0 Å². The third-order valence-corrected chi connectivity index (χ3v) is 2.23. The second kappa shape index (κ2) is 5.76. The van der Waals surface area contributed by atoms with Crippen LogP contribution in [0.25, 0.3) is 0 Å². The van der Waals surface area contributed by atoms with Gasteiger partial charge < -0.3 is 5.11 Å². The van der Waals surface area contributed by atoms with Gasteiger partial charge in [0.25, 0.3) is 0 Å². The molecule has 1 unspecified atom stereocenters. The van der Waals surface area contributed by atoms with Crippen LogP contribution in [0.5, 0.6) is 0 Å². The maximum Gasteiger partial charge on any atom is 0.123 e. The first-order valence-electron chi connectivity index (χ1n) is 4.97. The molecule has 1 aromatic rings. The Kier molecular flexibility index (Phi) is 4.60. The molecule has 0 amide bonds. The van der Waals surface area contributed by atoms with Gasteiger partial charge in [-0.2, -0.15) is 0 Å². The highest BCUT2D eigenvalue weighted by atomic mass is 19.1. The first-order valence-corrected chi connectivity index (χ1v) is 4.97. The molecule has 1 atom stereocenters. The molecule has 1 aromatic carbocycles. The lowest BCUT2D eigenvalue weighted by molar-refractivity contribution is 0.163. The highest BCUT2D eigenvalue weighted by molar-refractivity contribution is 5.18. The zero-order chi connectivity index (χ0) is 10.4. The van der Waals surface area contributed by atoms with Crippen molar-refractivity contribution in [3.8, 4) is 0 Å². The fourth-order valence-corrected chi connectivity index (χ4v) is 1.37. The topological polar surface area (TPSA) is 20.2 Å². The van der Waals surface area contributed by atoms with E-state index in [1.807, 2.05) is 0 Å². The lowest BCUT2D eigenvalue weighted by Crippen LogP contribution is -1.97. The minimum Gasteiger partial charge on any atom is -0.388 e. The van der Waals surface area contributed by atoms with Crippen LogP contribution in [0.15, 0.2) is 24.3 Å². The van der Waals surface area contributed by atoms with Crippen molar-refractivity contribution in [2.45, 2.75) is 31.8 Å². The third kappa shape index (κ3) is 3.46. The van der Waals surface area contributed by atoms with Gasteiger partial charge in [-0.3, -0.25) is 0 Å². The van der Waals surface area contributed by atoms with Gasteiger partial charge in [0.1, 0.15) is 5.82 Å². The summed E-state index contributed by atoms with van der Waals surface area (Å²) in [6.45, 7) is 3.74. The number of hydrogen-bond donors (Lipinski definition) is 1. The van der Waals surface area contributed by atoms with Gasteiger partial charge >= 0.3 is 0 Å². The van der Waals surface area contributed by atoms with Crippen LogP contribution in [0.2, 0.25) is 0 Å². The van der Waals surface area contributed by atoms with Gasteiger partial charge in [0.15, 0.2) is 0 Å². The van der Waals surface area contributed by atoms with Crippen LogP contribution in [-0.2, 0) is 0 Å². The number of benzene rings is 1. The second-order valence-corrected chi connectivity index (χ2v) is 3.42. The van der Waals surface area contributed by atoms with E-state index in [-0.39, 0.29) is 5.82 Å². The van der Waals surface area contributed by atoms with E-state index in [9.17, 15) is 9.50 Å². The summed E-state index contributed by atoms with van der Waals surface area (Å²) in [7, 11) is 0. The fourth-order valence-electron chi connectivity index (χ4n) is 1.37. The van der Waals surface area contributed by atoms with Crippen LogP contribution >= 0.6 is 0 Å². The van der Waals surface area contributed by atoms with Gasteiger partial charge in [-0.25, -0.2) is 4.39 Å². The van der Waals surface area contributed by atoms with Gasteiger partial charge in [0.05, 0.1) is 6.10 Å². The molecule has 77 valence electrons. The molecule has 0 aliphatic carbocycles. The van der Waals surface area contributed by atoms with Crippen molar-refractivity contribution >= 4 is 0 Å². The molecule has 0 aromatic heterocycles. The molecule has 1 radical (unpaired) electrons. The predicted molar refractivity (Wildman–Crippen MR) is 55.2 cm³/mol. The largest absolute Gasteiger partial charge is 0.388 e. The van der Waals surface area contributed by atoms with E-state index in [2.05, 4.69) is 6.92 Å². The maximum atomic E-state index is 12.6. The standard InChI is InChI=1S/C12H16FO/c1-2-3-4-5-12(14)10-6-8-11(13)9-7-10/h6-9,12,14H,1-5H2. The second-order valence-electron chi connectivity index (χ2n) is 3.42. The van der Waals surface area contributed by atoms with Crippen LogP contribution in [0, 0.1) is 12.7 Å². The average molecular weight is 195 g/mol. The summed E-state index contributed by atoms with van der Waals surface area (Å²) in [5.41, 5.74) is 0.787. The van der Waals surface area contributed by atoms with E-state index in [0.29, 0.717) is 0 Å². The molecule has 0 spiro atoms. The summed E-state index contributed by atoms with van der Waals surface area (Å²) in [6.07, 6.45) is 3.14. The Morgan fingerprint density at radius 1 is 1.21 bits per heavy atom. The van der Waals surface area contributed by atoms with Crippen molar-refractivity contribution in [1.29, 1.82) is 0 Å². The first kappa shape index (κ1) is 11.2. The highest BCUT2D eigenvalue weighted by Crippen LogP contribution is 2.19. The Bertz CT molecular complexity index is 256. The molecule has 1 N–H and O–H groups in total. The lowest BCUT2D eigenvalue weighted by atomic mass is 10.0. The summed E-state index contributed by atoms with van der Waals surface area (Å²) in [5, 5.41) is 9.70. The van der Waals surface area contributed by atoms with Gasteiger partial charge in [0, 0.05) is 0 Å². The molecule has 0 saturated carbocycles. The number of unbranched alkanes of at least 4 members (excludes halogenated alkanes) is 2.